The molecule has 21 heavy (non-hydrogen) atoms. The molecule has 1 aromatic rings. The van der Waals surface area contributed by atoms with Crippen LogP contribution in [0.2, 0.25) is 0 Å². The Kier molecular flexibility index (Phi) is 5.71. The van der Waals surface area contributed by atoms with Crippen LogP contribution >= 0.6 is 0 Å². The maximum absolute atomic E-state index is 11.4. The lowest BCUT2D eigenvalue weighted by atomic mass is 10.1. The van der Waals surface area contributed by atoms with E-state index in [9.17, 15) is 9.59 Å². The van der Waals surface area contributed by atoms with Gasteiger partial charge in [0, 0.05) is 19.8 Å². The van der Waals surface area contributed by atoms with E-state index in [2.05, 4.69) is 0 Å². The van der Waals surface area contributed by atoms with Gasteiger partial charge in [-0.1, -0.05) is 24.3 Å². The molecule has 0 saturated heterocycles. The summed E-state index contributed by atoms with van der Waals surface area (Å²) in [6.45, 7) is 0. The summed E-state index contributed by atoms with van der Waals surface area (Å²) in [7, 11) is 3.90. The first-order valence-corrected chi connectivity index (χ1v) is 6.10. The molecule has 0 unspecified atom stereocenters. The Hall–Kier alpha value is -3.07. The number of hydrogen-bond donors (Lipinski definition) is 2. The van der Waals surface area contributed by atoms with Crippen molar-refractivity contribution in [2.75, 3.05) is 19.0 Å². The number of nitriles is 1. The topological polar surface area (TPSA) is 99.2 Å². The number of rotatable bonds is 4. The van der Waals surface area contributed by atoms with Crippen molar-refractivity contribution in [1.29, 1.82) is 5.26 Å². The lowest BCUT2D eigenvalue weighted by Crippen LogP contribution is -2.35. The Balaban J connectivity index is 2.79. The number of carbonyl (C=O) groups is 2. The number of benzene rings is 1. The Labute approximate surface area is 123 Å². The number of imide groups is 1. The van der Waals surface area contributed by atoms with Crippen LogP contribution in [-0.2, 0) is 4.79 Å². The van der Waals surface area contributed by atoms with Crippen LogP contribution in [0, 0.1) is 11.3 Å². The second-order valence-corrected chi connectivity index (χ2v) is 4.36. The predicted octanol–water partition coefficient (Wildman–Crippen LogP) is 1.41. The van der Waals surface area contributed by atoms with E-state index in [1.54, 1.807) is 18.2 Å². The number of amides is 3. The Morgan fingerprint density at radius 2 is 1.90 bits per heavy atom. The number of nitrogens with two attached hydrogens (primary N) is 1. The van der Waals surface area contributed by atoms with Gasteiger partial charge in [0.05, 0.1) is 0 Å². The first-order chi connectivity index (χ1) is 9.93. The molecule has 0 bridgehead atoms. The third-order valence-electron chi connectivity index (χ3n) is 2.56. The molecule has 108 valence electrons. The second kappa shape index (κ2) is 7.50. The van der Waals surface area contributed by atoms with Crippen molar-refractivity contribution in [3.05, 3.63) is 47.6 Å². The monoisotopic (exact) mass is 284 g/mol. The van der Waals surface area contributed by atoms with Gasteiger partial charge in [-0.15, -0.1) is 0 Å². The molecule has 0 aliphatic rings. The number of primary amides is 1. The summed E-state index contributed by atoms with van der Waals surface area (Å²) < 4.78 is 0. The van der Waals surface area contributed by atoms with Gasteiger partial charge in [0.25, 0.3) is 5.91 Å². The molecule has 0 fully saturated rings. The number of hydrogen-bond acceptors (Lipinski definition) is 4. The first-order valence-electron chi connectivity index (χ1n) is 6.10. The van der Waals surface area contributed by atoms with Crippen molar-refractivity contribution in [3.63, 3.8) is 0 Å². The zero-order chi connectivity index (χ0) is 15.8. The van der Waals surface area contributed by atoms with Gasteiger partial charge in [-0.2, -0.15) is 5.26 Å². The van der Waals surface area contributed by atoms with Crippen molar-refractivity contribution in [2.45, 2.75) is 0 Å². The fraction of sp³-hybridized carbons (Fsp3) is 0.133. The molecule has 1 aromatic carbocycles. The van der Waals surface area contributed by atoms with Crippen molar-refractivity contribution >= 4 is 23.7 Å². The highest BCUT2D eigenvalue weighted by Gasteiger charge is 2.09. The van der Waals surface area contributed by atoms with Crippen molar-refractivity contribution in [3.8, 4) is 6.07 Å². The summed E-state index contributed by atoms with van der Waals surface area (Å²) in [5, 5.41) is 10.7. The molecule has 3 amide bonds. The molecular formula is C15H16N4O2. The fourth-order valence-corrected chi connectivity index (χ4v) is 1.48. The largest absolute Gasteiger partial charge is 0.378 e. The quantitative estimate of drug-likeness (QED) is 0.496. The van der Waals surface area contributed by atoms with Crippen LogP contribution < -0.4 is 16.0 Å². The molecule has 0 spiro atoms. The number of carbonyl (C=O) groups excluding carboxylic acids is 2. The fourth-order valence-electron chi connectivity index (χ4n) is 1.48. The zero-order valence-electron chi connectivity index (χ0n) is 11.8. The highest BCUT2D eigenvalue weighted by molar-refractivity contribution is 6.05. The maximum atomic E-state index is 11.4. The lowest BCUT2D eigenvalue weighted by molar-refractivity contribution is -0.116. The minimum absolute atomic E-state index is 0.199. The maximum Gasteiger partial charge on any atom is 0.319 e. The van der Waals surface area contributed by atoms with E-state index in [1.807, 2.05) is 48.6 Å². The summed E-state index contributed by atoms with van der Waals surface area (Å²) in [5.41, 5.74) is 6.61. The van der Waals surface area contributed by atoms with E-state index < -0.39 is 11.9 Å². The highest BCUT2D eigenvalue weighted by Crippen LogP contribution is 2.13. The van der Waals surface area contributed by atoms with Crippen LogP contribution in [0.3, 0.4) is 0 Å². The van der Waals surface area contributed by atoms with Crippen LogP contribution in [0.4, 0.5) is 10.5 Å². The van der Waals surface area contributed by atoms with Gasteiger partial charge in [0.1, 0.15) is 11.6 Å². The summed E-state index contributed by atoms with van der Waals surface area (Å²) in [6, 6.07) is 8.43. The molecule has 0 atom stereocenters. The molecule has 0 saturated carbocycles. The Bertz CT molecular complexity index is 622. The highest BCUT2D eigenvalue weighted by atomic mass is 16.2. The molecule has 6 heteroatoms. The van der Waals surface area contributed by atoms with Gasteiger partial charge >= 0.3 is 6.03 Å². The predicted molar refractivity (Wildman–Crippen MR) is 81.2 cm³/mol. The van der Waals surface area contributed by atoms with Gasteiger partial charge in [0.2, 0.25) is 0 Å². The van der Waals surface area contributed by atoms with Crippen LogP contribution in [0.1, 0.15) is 5.56 Å². The van der Waals surface area contributed by atoms with E-state index in [1.165, 1.54) is 6.08 Å². The minimum Gasteiger partial charge on any atom is -0.378 e. The van der Waals surface area contributed by atoms with Crippen molar-refractivity contribution < 1.29 is 9.59 Å². The van der Waals surface area contributed by atoms with E-state index in [-0.39, 0.29) is 5.57 Å². The Morgan fingerprint density at radius 3 is 2.38 bits per heavy atom. The summed E-state index contributed by atoms with van der Waals surface area (Å²) >= 11 is 0. The zero-order valence-corrected chi connectivity index (χ0v) is 11.8. The molecule has 0 aliphatic heterocycles. The third kappa shape index (κ3) is 5.20. The smallest absolute Gasteiger partial charge is 0.319 e. The van der Waals surface area contributed by atoms with E-state index in [4.69, 9.17) is 11.0 Å². The first kappa shape index (κ1) is 16.0. The van der Waals surface area contributed by atoms with Crippen LogP contribution in [0.15, 0.2) is 42.0 Å². The average Bonchev–Trinajstić information content (AvgIpc) is 2.43. The van der Waals surface area contributed by atoms with Crippen LogP contribution in [0.25, 0.3) is 6.08 Å². The van der Waals surface area contributed by atoms with E-state index in [0.29, 0.717) is 0 Å². The average molecular weight is 284 g/mol. The molecule has 0 aliphatic carbocycles. The summed E-state index contributed by atoms with van der Waals surface area (Å²) in [4.78, 5) is 23.9. The molecule has 1 rings (SSSR count). The van der Waals surface area contributed by atoms with Gasteiger partial charge < -0.3 is 10.6 Å². The minimum atomic E-state index is -0.996. The number of urea groups is 1. The molecule has 6 nitrogen and oxygen atoms in total. The van der Waals surface area contributed by atoms with Gasteiger partial charge in [0.15, 0.2) is 0 Å². The van der Waals surface area contributed by atoms with Crippen molar-refractivity contribution in [2.24, 2.45) is 5.73 Å². The number of nitrogens with one attached hydrogen (secondary N) is 1. The number of allylic oxidation sites excluding steroid dienone is 2. The molecule has 0 aromatic heterocycles. The van der Waals surface area contributed by atoms with Crippen molar-refractivity contribution in [1.82, 2.24) is 5.32 Å². The van der Waals surface area contributed by atoms with Gasteiger partial charge in [-0.05, 0) is 23.8 Å². The number of anilines is 1. The van der Waals surface area contributed by atoms with Crippen LogP contribution in [0.5, 0.6) is 0 Å². The Morgan fingerprint density at radius 1 is 1.29 bits per heavy atom. The van der Waals surface area contributed by atoms with Gasteiger partial charge in [-0.3, -0.25) is 10.1 Å². The second-order valence-electron chi connectivity index (χ2n) is 4.36. The summed E-state index contributed by atoms with van der Waals surface area (Å²) in [5.74, 6) is -0.822. The lowest BCUT2D eigenvalue weighted by Gasteiger charge is -2.11. The molecule has 0 radical (unpaired) electrons. The molecule has 3 N–H and O–H groups in total. The molecular weight excluding hydrogens is 268 g/mol. The van der Waals surface area contributed by atoms with Crippen LogP contribution in [-0.4, -0.2) is 26.0 Å². The third-order valence-corrected chi connectivity index (χ3v) is 2.56. The normalized spacial score (nSPS) is 11.0. The van der Waals surface area contributed by atoms with E-state index >= 15 is 0 Å². The molecule has 0 heterocycles. The summed E-state index contributed by atoms with van der Waals surface area (Å²) in [6.07, 6.45) is 4.62. The van der Waals surface area contributed by atoms with Gasteiger partial charge in [-0.25, -0.2) is 4.79 Å². The number of nitrogens with zero attached hydrogens (tertiary/aromatic N) is 2. The van der Waals surface area contributed by atoms with E-state index in [0.717, 1.165) is 11.3 Å². The SMILES string of the molecule is CN(C)c1ccc(/C=C/C=C(/C#N)C(=O)NC(N)=O)cc1. The standard InChI is InChI=1S/C15H16N4O2/c1-19(2)13-8-6-11(7-9-13)4-3-5-12(10-16)14(20)18-15(17)21/h3-9H,1-2H3,(H3,17,18,20,21)/b4-3+,12-5-.